The number of hydrogen-bond acceptors (Lipinski definition) is 3. The highest BCUT2D eigenvalue weighted by molar-refractivity contribution is 9.10. The van der Waals surface area contributed by atoms with Gasteiger partial charge in [0, 0.05) is 17.6 Å². The molecule has 3 nitrogen and oxygen atoms in total. The van der Waals surface area contributed by atoms with E-state index in [-0.39, 0.29) is 18.2 Å². The molecule has 0 bridgehead atoms. The van der Waals surface area contributed by atoms with E-state index in [1.54, 1.807) is 0 Å². The van der Waals surface area contributed by atoms with Gasteiger partial charge in [0.2, 0.25) is 0 Å². The van der Waals surface area contributed by atoms with Crippen molar-refractivity contribution in [1.29, 1.82) is 0 Å². The quantitative estimate of drug-likeness (QED) is 0.697. The minimum atomic E-state index is -0.634. The molecule has 0 amide bonds. The third kappa shape index (κ3) is 6.08. The van der Waals surface area contributed by atoms with Crippen LogP contribution in [0.15, 0.2) is 16.6 Å². The van der Waals surface area contributed by atoms with Crippen molar-refractivity contribution in [1.82, 2.24) is 0 Å². The van der Waals surface area contributed by atoms with E-state index in [2.05, 4.69) is 28.2 Å². The van der Waals surface area contributed by atoms with Gasteiger partial charge in [0.25, 0.3) is 0 Å². The van der Waals surface area contributed by atoms with Crippen LogP contribution in [0.4, 0.5) is 10.1 Å². The molecule has 1 rings (SSSR count). The monoisotopic (exact) mass is 353 g/mol. The van der Waals surface area contributed by atoms with E-state index < -0.39 is 11.9 Å². The van der Waals surface area contributed by atoms with Gasteiger partial charge in [-0.3, -0.25) is 0 Å². The van der Waals surface area contributed by atoms with Gasteiger partial charge in [-0.25, -0.2) is 4.39 Å². The Morgan fingerprint density at radius 3 is 2.89 bits per heavy atom. The van der Waals surface area contributed by atoms with Crippen molar-refractivity contribution in [2.24, 2.45) is 0 Å². The number of benzene rings is 1. The largest absolute Gasteiger partial charge is 0.389 e. The summed E-state index contributed by atoms with van der Waals surface area (Å²) in [4.78, 5) is 0. The Hall–Kier alpha value is -0.360. The molecular weight excluding hydrogens is 337 g/mol. The third-order valence-electron chi connectivity index (χ3n) is 2.47. The van der Waals surface area contributed by atoms with Gasteiger partial charge in [-0.05, 0) is 34.5 Å². The van der Waals surface area contributed by atoms with E-state index in [1.807, 2.05) is 0 Å². The lowest BCUT2D eigenvalue weighted by atomic mass is 10.3. The van der Waals surface area contributed by atoms with Crippen LogP contribution < -0.4 is 5.32 Å². The first-order chi connectivity index (χ1) is 9.04. The van der Waals surface area contributed by atoms with Gasteiger partial charge < -0.3 is 15.2 Å². The van der Waals surface area contributed by atoms with Gasteiger partial charge in [-0.2, -0.15) is 0 Å². The second-order valence-corrected chi connectivity index (χ2v) is 5.47. The Kier molecular flexibility index (Phi) is 7.68. The zero-order valence-corrected chi connectivity index (χ0v) is 13.1. The van der Waals surface area contributed by atoms with Gasteiger partial charge in [0.15, 0.2) is 0 Å². The zero-order valence-electron chi connectivity index (χ0n) is 10.8. The highest BCUT2D eigenvalue weighted by Crippen LogP contribution is 2.31. The van der Waals surface area contributed by atoms with E-state index in [0.29, 0.717) is 16.8 Å². The Morgan fingerprint density at radius 1 is 1.53 bits per heavy atom. The van der Waals surface area contributed by atoms with Gasteiger partial charge in [-0.15, -0.1) is 0 Å². The average Bonchev–Trinajstić information content (AvgIpc) is 2.33. The van der Waals surface area contributed by atoms with E-state index in [4.69, 9.17) is 16.3 Å². The molecule has 0 aromatic heterocycles. The molecule has 108 valence electrons. The summed E-state index contributed by atoms with van der Waals surface area (Å²) in [5.74, 6) is -0.411. The molecular formula is C13H18BrClFNO2. The van der Waals surface area contributed by atoms with Crippen molar-refractivity contribution in [3.63, 3.8) is 0 Å². The number of halogens is 3. The molecule has 6 heteroatoms. The Bertz CT molecular complexity index is 383. The fraction of sp³-hybridized carbons (Fsp3) is 0.538. The predicted molar refractivity (Wildman–Crippen MR) is 79.3 cm³/mol. The van der Waals surface area contributed by atoms with E-state index in [0.717, 1.165) is 12.8 Å². The number of unbranched alkanes of at least 4 members (excludes halogenated alkanes) is 1. The van der Waals surface area contributed by atoms with Crippen LogP contribution in [0, 0.1) is 5.82 Å². The third-order valence-corrected chi connectivity index (χ3v) is 3.40. The molecule has 0 spiro atoms. The Morgan fingerprint density at radius 2 is 2.26 bits per heavy atom. The van der Waals surface area contributed by atoms with Crippen molar-refractivity contribution in [3.05, 3.63) is 27.4 Å². The average molecular weight is 355 g/mol. The molecule has 1 aromatic rings. The highest BCUT2D eigenvalue weighted by atomic mass is 79.9. The van der Waals surface area contributed by atoms with Crippen molar-refractivity contribution >= 4 is 33.2 Å². The smallest absolute Gasteiger partial charge is 0.125 e. The minimum Gasteiger partial charge on any atom is -0.389 e. The maximum Gasteiger partial charge on any atom is 0.125 e. The first-order valence-corrected chi connectivity index (χ1v) is 7.36. The fourth-order valence-corrected chi connectivity index (χ4v) is 2.42. The summed E-state index contributed by atoms with van der Waals surface area (Å²) in [6.45, 7) is 3.28. The molecule has 0 heterocycles. The van der Waals surface area contributed by atoms with Gasteiger partial charge >= 0.3 is 0 Å². The van der Waals surface area contributed by atoms with Crippen LogP contribution in [-0.2, 0) is 4.74 Å². The van der Waals surface area contributed by atoms with Crippen molar-refractivity contribution in [2.45, 2.75) is 25.9 Å². The molecule has 0 saturated heterocycles. The number of hydrogen-bond donors (Lipinski definition) is 2. The molecule has 0 aliphatic rings. The number of aliphatic hydroxyl groups excluding tert-OH is 1. The number of aliphatic hydroxyl groups is 1. The second kappa shape index (κ2) is 8.74. The normalized spacial score (nSPS) is 12.5. The summed E-state index contributed by atoms with van der Waals surface area (Å²) in [6.07, 6.45) is 1.41. The molecule has 2 N–H and O–H groups in total. The topological polar surface area (TPSA) is 41.5 Å². The molecule has 0 aliphatic carbocycles. The van der Waals surface area contributed by atoms with Crippen LogP contribution in [0.1, 0.15) is 19.8 Å². The summed E-state index contributed by atoms with van der Waals surface area (Å²) in [6, 6.07) is 2.54. The summed E-state index contributed by atoms with van der Waals surface area (Å²) in [7, 11) is 0. The maximum atomic E-state index is 13.0. The van der Waals surface area contributed by atoms with E-state index in [9.17, 15) is 9.50 Å². The molecule has 0 aliphatic heterocycles. The van der Waals surface area contributed by atoms with Crippen molar-refractivity contribution in [2.75, 3.05) is 25.1 Å². The Labute approximate surface area is 126 Å². The molecule has 1 atom stereocenters. The van der Waals surface area contributed by atoms with Crippen molar-refractivity contribution < 1.29 is 14.2 Å². The molecule has 1 unspecified atom stereocenters. The SMILES string of the molecule is CCCCOCC(O)CNc1c(Cl)cc(F)cc1Br. The first-order valence-electron chi connectivity index (χ1n) is 6.18. The molecule has 0 radical (unpaired) electrons. The number of rotatable bonds is 8. The van der Waals surface area contributed by atoms with Crippen LogP contribution in [-0.4, -0.2) is 31.0 Å². The van der Waals surface area contributed by atoms with E-state index in [1.165, 1.54) is 12.1 Å². The van der Waals surface area contributed by atoms with E-state index >= 15 is 0 Å². The lowest BCUT2D eigenvalue weighted by molar-refractivity contribution is 0.0421. The van der Waals surface area contributed by atoms with Crippen LogP contribution in [0.3, 0.4) is 0 Å². The van der Waals surface area contributed by atoms with Crippen molar-refractivity contribution in [3.8, 4) is 0 Å². The standard InChI is InChI=1S/C13H18BrClFNO2/c1-2-3-4-19-8-10(18)7-17-13-11(14)5-9(16)6-12(13)15/h5-6,10,17-18H,2-4,7-8H2,1H3. The van der Waals surface area contributed by atoms with Crippen LogP contribution in [0.25, 0.3) is 0 Å². The highest BCUT2D eigenvalue weighted by Gasteiger charge is 2.10. The van der Waals surface area contributed by atoms with Gasteiger partial charge in [0.05, 0.1) is 23.4 Å². The number of nitrogens with one attached hydrogen (secondary N) is 1. The Balaban J connectivity index is 2.40. The zero-order chi connectivity index (χ0) is 14.3. The first kappa shape index (κ1) is 16.7. The maximum absolute atomic E-state index is 13.0. The van der Waals surface area contributed by atoms with Gasteiger partial charge in [-0.1, -0.05) is 24.9 Å². The molecule has 19 heavy (non-hydrogen) atoms. The molecule has 0 fully saturated rings. The summed E-state index contributed by atoms with van der Waals surface area (Å²) < 4.78 is 18.9. The lowest BCUT2D eigenvalue weighted by Crippen LogP contribution is -2.25. The fourth-order valence-electron chi connectivity index (χ4n) is 1.46. The molecule has 0 saturated carbocycles. The molecule has 1 aromatic carbocycles. The minimum absolute atomic E-state index is 0.267. The van der Waals surface area contributed by atoms with Crippen LogP contribution in [0.5, 0.6) is 0 Å². The summed E-state index contributed by atoms with van der Waals surface area (Å²) >= 11 is 9.14. The summed E-state index contributed by atoms with van der Waals surface area (Å²) in [5, 5.41) is 13.0. The second-order valence-electron chi connectivity index (χ2n) is 4.21. The summed E-state index contributed by atoms with van der Waals surface area (Å²) in [5.41, 5.74) is 0.565. The van der Waals surface area contributed by atoms with Crippen LogP contribution >= 0.6 is 27.5 Å². The van der Waals surface area contributed by atoms with Crippen LogP contribution in [0.2, 0.25) is 5.02 Å². The number of ether oxygens (including phenoxy) is 1. The predicted octanol–water partition coefficient (Wildman–Crippen LogP) is 3.83. The van der Waals surface area contributed by atoms with Gasteiger partial charge in [0.1, 0.15) is 5.82 Å². The lowest BCUT2D eigenvalue weighted by Gasteiger charge is -2.15. The number of anilines is 1.